The molecule has 0 bridgehead atoms. The Kier molecular flexibility index (Phi) is 3.33. The fourth-order valence-corrected chi connectivity index (χ4v) is 0.675. The van der Waals surface area contributed by atoms with Gasteiger partial charge in [-0.1, -0.05) is 0 Å². The minimum absolute atomic E-state index is 0.119. The van der Waals surface area contributed by atoms with Gasteiger partial charge in [0, 0.05) is 12.4 Å². The van der Waals surface area contributed by atoms with Crippen LogP contribution in [-0.4, -0.2) is 27.1 Å². The highest BCUT2D eigenvalue weighted by atomic mass is 16.5. The first kappa shape index (κ1) is 9.60. The van der Waals surface area contributed by atoms with Crippen molar-refractivity contribution < 1.29 is 14.6 Å². The Bertz CT molecular complexity index is 276. The molecule has 5 nitrogen and oxygen atoms in total. The van der Waals surface area contributed by atoms with E-state index in [1.807, 2.05) is 0 Å². The molecule has 0 aliphatic rings. The van der Waals surface area contributed by atoms with Gasteiger partial charge in [0.2, 0.25) is 0 Å². The van der Waals surface area contributed by atoms with Gasteiger partial charge < -0.3 is 9.84 Å². The summed E-state index contributed by atoms with van der Waals surface area (Å²) in [6.07, 6.45) is 2.33. The van der Waals surface area contributed by atoms with Crippen LogP contribution in [0.4, 0.5) is 0 Å². The predicted octanol–water partition coefficient (Wildman–Crippen LogP) is 0.466. The zero-order chi connectivity index (χ0) is 9.68. The number of aliphatic carboxylic acids is 1. The van der Waals surface area contributed by atoms with Crippen molar-refractivity contribution in [2.24, 2.45) is 0 Å². The van der Waals surface area contributed by atoms with Crippen molar-refractivity contribution in [3.8, 4) is 0 Å². The summed E-state index contributed by atoms with van der Waals surface area (Å²) in [4.78, 5) is 18.1. The molecule has 0 saturated heterocycles. The lowest BCUT2D eigenvalue weighted by molar-refractivity contribution is -0.150. The smallest absolute Gasteiger partial charge is 0.332 e. The Morgan fingerprint density at radius 2 is 2.23 bits per heavy atom. The number of nitrogens with zero attached hydrogens (tertiary/aromatic N) is 2. The lowest BCUT2D eigenvalue weighted by atomic mass is 10.4. The number of ether oxygens (including phenoxy) is 1. The van der Waals surface area contributed by atoms with Crippen LogP contribution < -0.4 is 0 Å². The first-order chi connectivity index (χ1) is 6.20. The second-order valence-corrected chi connectivity index (χ2v) is 2.46. The van der Waals surface area contributed by atoms with Gasteiger partial charge in [-0.2, -0.15) is 0 Å². The van der Waals surface area contributed by atoms with Crippen LogP contribution in [0.2, 0.25) is 0 Å². The summed E-state index contributed by atoms with van der Waals surface area (Å²) >= 11 is 0. The highest BCUT2D eigenvalue weighted by Gasteiger charge is 2.11. The maximum Gasteiger partial charge on any atom is 0.332 e. The van der Waals surface area contributed by atoms with Crippen LogP contribution in [0.3, 0.4) is 0 Å². The number of aromatic nitrogens is 2. The molecular formula is C8H10N2O3. The molecule has 1 rings (SSSR count). The topological polar surface area (TPSA) is 72.3 Å². The van der Waals surface area contributed by atoms with E-state index in [9.17, 15) is 4.79 Å². The molecule has 0 amide bonds. The molecule has 0 aliphatic heterocycles. The molecule has 0 fully saturated rings. The number of carbonyl (C=O) groups is 1. The van der Waals surface area contributed by atoms with Crippen LogP contribution in [0.1, 0.15) is 12.7 Å². The molecule has 13 heavy (non-hydrogen) atoms. The van der Waals surface area contributed by atoms with E-state index in [0.717, 1.165) is 0 Å². The van der Waals surface area contributed by atoms with Crippen LogP contribution in [0.25, 0.3) is 0 Å². The first-order valence-corrected chi connectivity index (χ1v) is 3.80. The van der Waals surface area contributed by atoms with E-state index in [-0.39, 0.29) is 6.61 Å². The van der Waals surface area contributed by atoms with Gasteiger partial charge in [0.1, 0.15) is 6.61 Å². The lowest BCUT2D eigenvalue weighted by Crippen LogP contribution is -2.20. The highest BCUT2D eigenvalue weighted by Crippen LogP contribution is 1.96. The van der Waals surface area contributed by atoms with Crippen LogP contribution in [-0.2, 0) is 16.1 Å². The number of carboxylic acid groups (broad SMARTS) is 1. The molecule has 1 heterocycles. The molecule has 1 aromatic heterocycles. The minimum atomic E-state index is -0.990. The standard InChI is InChI=1S/C8H10N2O3/c1-6(8(11)12)13-5-7-9-3-2-4-10-7/h2-4,6H,5H2,1H3,(H,11,12)/t6-/m0/s1. The molecule has 0 unspecified atom stereocenters. The number of hydrogen-bond donors (Lipinski definition) is 1. The lowest BCUT2D eigenvalue weighted by Gasteiger charge is -2.06. The first-order valence-electron chi connectivity index (χ1n) is 3.80. The van der Waals surface area contributed by atoms with Gasteiger partial charge in [-0.05, 0) is 13.0 Å². The summed E-state index contributed by atoms with van der Waals surface area (Å²) in [5.41, 5.74) is 0. The van der Waals surface area contributed by atoms with Gasteiger partial charge >= 0.3 is 5.97 Å². The molecule has 0 spiro atoms. The maximum absolute atomic E-state index is 10.4. The van der Waals surface area contributed by atoms with Crippen LogP contribution in [0, 0.1) is 0 Å². The van der Waals surface area contributed by atoms with E-state index < -0.39 is 12.1 Å². The van der Waals surface area contributed by atoms with E-state index in [1.54, 1.807) is 18.5 Å². The van der Waals surface area contributed by atoms with Gasteiger partial charge in [-0.3, -0.25) is 0 Å². The molecule has 1 aromatic rings. The Hall–Kier alpha value is -1.49. The van der Waals surface area contributed by atoms with Crippen molar-refractivity contribution in [1.82, 2.24) is 9.97 Å². The van der Waals surface area contributed by atoms with Gasteiger partial charge in [0.15, 0.2) is 11.9 Å². The summed E-state index contributed by atoms with van der Waals surface area (Å²) in [6.45, 7) is 1.58. The van der Waals surface area contributed by atoms with Crippen molar-refractivity contribution in [2.75, 3.05) is 0 Å². The average molecular weight is 182 g/mol. The summed E-state index contributed by atoms with van der Waals surface area (Å²) in [5.74, 6) is -0.508. The third-order valence-electron chi connectivity index (χ3n) is 1.43. The highest BCUT2D eigenvalue weighted by molar-refractivity contribution is 5.71. The van der Waals surface area contributed by atoms with Gasteiger partial charge in [0.25, 0.3) is 0 Å². The third kappa shape index (κ3) is 3.16. The van der Waals surface area contributed by atoms with Crippen molar-refractivity contribution in [2.45, 2.75) is 19.6 Å². The minimum Gasteiger partial charge on any atom is -0.479 e. The molecular weight excluding hydrogens is 172 g/mol. The molecule has 0 saturated carbocycles. The Morgan fingerprint density at radius 3 is 2.77 bits per heavy atom. The van der Waals surface area contributed by atoms with Gasteiger partial charge in [-0.25, -0.2) is 14.8 Å². The van der Waals surface area contributed by atoms with Crippen molar-refractivity contribution in [1.29, 1.82) is 0 Å². The molecule has 0 radical (unpaired) electrons. The average Bonchev–Trinajstić information content (AvgIpc) is 2.15. The van der Waals surface area contributed by atoms with Crippen molar-refractivity contribution >= 4 is 5.97 Å². The second kappa shape index (κ2) is 4.51. The quantitative estimate of drug-likeness (QED) is 0.732. The normalized spacial score (nSPS) is 12.4. The predicted molar refractivity (Wildman–Crippen MR) is 43.9 cm³/mol. The van der Waals surface area contributed by atoms with Gasteiger partial charge in [-0.15, -0.1) is 0 Å². The summed E-state index contributed by atoms with van der Waals surface area (Å²) in [5, 5.41) is 8.49. The summed E-state index contributed by atoms with van der Waals surface area (Å²) in [7, 11) is 0. The number of carboxylic acids is 1. The van der Waals surface area contributed by atoms with Crippen molar-refractivity contribution in [3.63, 3.8) is 0 Å². The Labute approximate surface area is 75.4 Å². The number of rotatable bonds is 4. The molecule has 1 atom stereocenters. The van der Waals surface area contributed by atoms with E-state index >= 15 is 0 Å². The third-order valence-corrected chi connectivity index (χ3v) is 1.43. The largest absolute Gasteiger partial charge is 0.479 e. The summed E-state index contributed by atoms with van der Waals surface area (Å²) < 4.78 is 4.96. The molecule has 1 N–H and O–H groups in total. The summed E-state index contributed by atoms with van der Waals surface area (Å²) in [6, 6.07) is 1.68. The molecule has 0 aromatic carbocycles. The van der Waals surface area contributed by atoms with E-state index in [4.69, 9.17) is 9.84 Å². The fourth-order valence-electron chi connectivity index (χ4n) is 0.675. The monoisotopic (exact) mass is 182 g/mol. The second-order valence-electron chi connectivity index (χ2n) is 2.46. The molecule has 70 valence electrons. The maximum atomic E-state index is 10.4. The van der Waals surface area contributed by atoms with Gasteiger partial charge in [0.05, 0.1) is 0 Å². The molecule has 0 aliphatic carbocycles. The zero-order valence-corrected chi connectivity index (χ0v) is 7.17. The van der Waals surface area contributed by atoms with Crippen molar-refractivity contribution in [3.05, 3.63) is 24.3 Å². The van der Waals surface area contributed by atoms with Crippen LogP contribution >= 0.6 is 0 Å². The zero-order valence-electron chi connectivity index (χ0n) is 7.17. The van der Waals surface area contributed by atoms with E-state index in [0.29, 0.717) is 5.82 Å². The fraction of sp³-hybridized carbons (Fsp3) is 0.375. The number of hydrogen-bond acceptors (Lipinski definition) is 4. The van der Waals surface area contributed by atoms with E-state index in [1.165, 1.54) is 6.92 Å². The SMILES string of the molecule is C[C@H](OCc1ncccn1)C(=O)O. The van der Waals surface area contributed by atoms with Crippen LogP contribution in [0.15, 0.2) is 18.5 Å². The molecule has 5 heteroatoms. The van der Waals surface area contributed by atoms with E-state index in [2.05, 4.69) is 9.97 Å². The van der Waals surface area contributed by atoms with Crippen LogP contribution in [0.5, 0.6) is 0 Å². The Morgan fingerprint density at radius 1 is 1.62 bits per heavy atom. The Balaban J connectivity index is 2.39.